The summed E-state index contributed by atoms with van der Waals surface area (Å²) in [6, 6.07) is 24.0. The van der Waals surface area contributed by atoms with E-state index >= 15 is 0 Å². The number of hydrogen-bond donors (Lipinski definition) is 1. The monoisotopic (exact) mass is 581 g/mol. The summed E-state index contributed by atoms with van der Waals surface area (Å²) in [6.07, 6.45) is 3.92. The Morgan fingerprint density at radius 2 is 1.69 bits per heavy atom. The third-order valence-corrected chi connectivity index (χ3v) is 7.23. The van der Waals surface area contributed by atoms with Crippen molar-refractivity contribution in [2.24, 2.45) is 0 Å². The average Bonchev–Trinajstić information content (AvgIpc) is 3.18. The van der Waals surface area contributed by atoms with E-state index < -0.39 is 15.9 Å². The molecule has 0 saturated heterocycles. The Balaban J connectivity index is 1.44. The van der Waals surface area contributed by atoms with Crippen molar-refractivity contribution in [2.75, 3.05) is 0 Å². The number of aromatic nitrogens is 2. The van der Waals surface area contributed by atoms with Crippen LogP contribution in [0.5, 0.6) is 5.75 Å². The van der Waals surface area contributed by atoms with E-state index in [1.165, 1.54) is 12.2 Å². The second kappa shape index (κ2) is 12.8. The van der Waals surface area contributed by atoms with Crippen molar-refractivity contribution in [3.63, 3.8) is 0 Å². The van der Waals surface area contributed by atoms with Crippen LogP contribution in [-0.2, 0) is 28.0 Å². The summed E-state index contributed by atoms with van der Waals surface area (Å²) >= 11 is 12.9. The van der Waals surface area contributed by atoms with E-state index in [-0.39, 0.29) is 5.15 Å². The van der Waals surface area contributed by atoms with Crippen LogP contribution in [0.3, 0.4) is 0 Å². The van der Waals surface area contributed by atoms with Crippen LogP contribution < -0.4 is 9.46 Å². The molecule has 1 N–H and O–H groups in total. The zero-order valence-corrected chi connectivity index (χ0v) is 23.2. The van der Waals surface area contributed by atoms with Gasteiger partial charge in [0.2, 0.25) is 0 Å². The molecule has 0 atom stereocenters. The minimum absolute atomic E-state index is 0.174. The molecule has 39 heavy (non-hydrogen) atoms. The van der Waals surface area contributed by atoms with Gasteiger partial charge in [0, 0.05) is 11.1 Å². The molecular weight excluding hydrogens is 557 g/mol. The molecule has 200 valence electrons. The number of amides is 1. The third kappa shape index (κ3) is 8.07. The van der Waals surface area contributed by atoms with Crippen molar-refractivity contribution in [1.82, 2.24) is 14.3 Å². The fourth-order valence-corrected chi connectivity index (χ4v) is 4.96. The van der Waals surface area contributed by atoms with Crippen LogP contribution in [0.25, 0.3) is 12.2 Å². The van der Waals surface area contributed by atoms with Gasteiger partial charge in [-0.25, -0.2) is 18.1 Å². The van der Waals surface area contributed by atoms with Gasteiger partial charge in [0.05, 0.1) is 17.6 Å². The molecule has 1 heterocycles. The second-order valence-electron chi connectivity index (χ2n) is 8.51. The number of aryl methyl sites for hydroxylation is 1. The molecule has 0 aliphatic carbocycles. The van der Waals surface area contributed by atoms with Crippen LogP contribution in [0.2, 0.25) is 10.2 Å². The lowest BCUT2D eigenvalue weighted by atomic mass is 10.1. The summed E-state index contributed by atoms with van der Waals surface area (Å²) in [5.41, 5.74) is 2.85. The molecule has 7 nitrogen and oxygen atoms in total. The Kier molecular flexibility index (Phi) is 9.24. The van der Waals surface area contributed by atoms with Gasteiger partial charge in [-0.05, 0) is 54.0 Å². The lowest BCUT2D eigenvalue weighted by Crippen LogP contribution is -2.26. The Morgan fingerprint density at radius 3 is 2.38 bits per heavy atom. The van der Waals surface area contributed by atoms with E-state index in [1.54, 1.807) is 35.8 Å². The van der Waals surface area contributed by atoms with Gasteiger partial charge in [-0.2, -0.15) is 0 Å². The first-order chi connectivity index (χ1) is 18.7. The molecular formula is C29H25Cl2N3O4S. The van der Waals surface area contributed by atoms with E-state index in [1.807, 2.05) is 59.3 Å². The van der Waals surface area contributed by atoms with Crippen molar-refractivity contribution in [1.29, 1.82) is 0 Å². The van der Waals surface area contributed by atoms with Gasteiger partial charge in [0.1, 0.15) is 18.2 Å². The third-order valence-electron chi connectivity index (χ3n) is 5.62. The largest absolute Gasteiger partial charge is 0.489 e. The Bertz CT molecular complexity index is 1620. The minimum Gasteiger partial charge on any atom is -0.489 e. The number of para-hydroxylation sites is 1. The van der Waals surface area contributed by atoms with Crippen LogP contribution in [0.15, 0.2) is 90.3 Å². The molecule has 4 rings (SSSR count). The molecule has 4 aromatic rings. The number of hydrogen-bond acceptors (Lipinski definition) is 5. The highest BCUT2D eigenvalue weighted by molar-refractivity contribution is 7.93. The van der Waals surface area contributed by atoms with Crippen LogP contribution in [0.4, 0.5) is 0 Å². The normalized spacial score (nSPS) is 11.8. The smallest absolute Gasteiger partial charge is 0.257 e. The van der Waals surface area contributed by atoms with Crippen molar-refractivity contribution < 1.29 is 17.9 Å². The van der Waals surface area contributed by atoms with Crippen LogP contribution in [0.1, 0.15) is 28.2 Å². The van der Waals surface area contributed by atoms with Gasteiger partial charge in [0.25, 0.3) is 15.9 Å². The maximum absolute atomic E-state index is 12.4. The predicted molar refractivity (Wildman–Crippen MR) is 155 cm³/mol. The summed E-state index contributed by atoms with van der Waals surface area (Å²) < 4.78 is 34.1. The number of benzene rings is 3. The topological polar surface area (TPSA) is 90.3 Å². The predicted octanol–water partition coefficient (Wildman–Crippen LogP) is 6.26. The zero-order valence-electron chi connectivity index (χ0n) is 20.9. The lowest BCUT2D eigenvalue weighted by molar-refractivity contribution is -0.114. The summed E-state index contributed by atoms with van der Waals surface area (Å²) in [4.78, 5) is 16.7. The number of halogens is 2. The highest BCUT2D eigenvalue weighted by atomic mass is 35.5. The quantitative estimate of drug-likeness (QED) is 0.223. The molecule has 10 heteroatoms. The molecule has 0 spiro atoms. The van der Waals surface area contributed by atoms with Crippen molar-refractivity contribution in [3.05, 3.63) is 129 Å². The van der Waals surface area contributed by atoms with Crippen LogP contribution in [-0.4, -0.2) is 23.9 Å². The summed E-state index contributed by atoms with van der Waals surface area (Å²) in [6.45, 7) is 2.48. The first-order valence-electron chi connectivity index (χ1n) is 11.9. The van der Waals surface area contributed by atoms with Crippen molar-refractivity contribution >= 4 is 51.3 Å². The van der Waals surface area contributed by atoms with Gasteiger partial charge in [0.15, 0.2) is 5.15 Å². The Labute approximate surface area is 237 Å². The zero-order chi connectivity index (χ0) is 27.8. The molecule has 0 bridgehead atoms. The first-order valence-corrected chi connectivity index (χ1v) is 14.2. The van der Waals surface area contributed by atoms with Gasteiger partial charge in [-0.3, -0.25) is 4.79 Å². The van der Waals surface area contributed by atoms with E-state index in [4.69, 9.17) is 27.9 Å². The van der Waals surface area contributed by atoms with Crippen LogP contribution >= 0.6 is 23.2 Å². The lowest BCUT2D eigenvalue weighted by Gasteiger charge is -2.12. The Morgan fingerprint density at radius 1 is 1.00 bits per heavy atom. The van der Waals surface area contributed by atoms with E-state index in [9.17, 15) is 13.2 Å². The van der Waals surface area contributed by atoms with E-state index in [2.05, 4.69) is 4.98 Å². The standard InChI is InChI=1S/C29H25Cl2N3O4S/c1-21-32-29(31)27(14-15-28(35)33-39(36,37)17-16-22-8-4-2-5-9-22)34(21)19-24-13-12-23(18-26(24)30)20-38-25-10-6-3-7-11-25/h2-18H,19-20H2,1H3,(H,33,35)/b15-14+,17-16+. The van der Waals surface area contributed by atoms with Gasteiger partial charge in [-0.15, -0.1) is 0 Å². The van der Waals surface area contributed by atoms with Crippen molar-refractivity contribution in [3.8, 4) is 5.75 Å². The van der Waals surface area contributed by atoms with Gasteiger partial charge in [-0.1, -0.05) is 83.9 Å². The Hall–Kier alpha value is -3.85. The second-order valence-corrected chi connectivity index (χ2v) is 10.8. The molecule has 0 radical (unpaired) electrons. The number of imidazole rings is 1. The van der Waals surface area contributed by atoms with Gasteiger partial charge < -0.3 is 9.30 Å². The SMILES string of the molecule is Cc1nc(Cl)c(/C=C/C(=O)NS(=O)(=O)/C=C/c2ccccc2)n1Cc1ccc(COc2ccccc2)cc1Cl. The minimum atomic E-state index is -3.99. The molecule has 3 aromatic carbocycles. The summed E-state index contributed by atoms with van der Waals surface area (Å²) in [5, 5.41) is 1.65. The number of nitrogens with one attached hydrogen (secondary N) is 1. The highest BCUT2D eigenvalue weighted by Crippen LogP contribution is 2.25. The number of carbonyl (C=O) groups is 1. The number of ether oxygens (including phenoxy) is 1. The molecule has 0 saturated carbocycles. The molecule has 1 amide bonds. The number of nitrogens with zero attached hydrogens (tertiary/aromatic N) is 2. The average molecular weight is 583 g/mol. The first kappa shape index (κ1) is 28.2. The summed E-state index contributed by atoms with van der Waals surface area (Å²) in [5.74, 6) is 0.544. The number of carbonyl (C=O) groups excluding carboxylic acids is 1. The van der Waals surface area contributed by atoms with E-state index in [0.29, 0.717) is 35.3 Å². The molecule has 0 aliphatic rings. The molecule has 0 unspecified atom stereocenters. The fraction of sp³-hybridized carbons (Fsp3) is 0.103. The highest BCUT2D eigenvalue weighted by Gasteiger charge is 2.15. The summed E-state index contributed by atoms with van der Waals surface area (Å²) in [7, 11) is -3.99. The molecule has 0 aliphatic heterocycles. The fourth-order valence-electron chi connectivity index (χ4n) is 3.66. The van der Waals surface area contributed by atoms with Crippen LogP contribution in [0, 0.1) is 6.92 Å². The van der Waals surface area contributed by atoms with Crippen molar-refractivity contribution in [2.45, 2.75) is 20.1 Å². The maximum Gasteiger partial charge on any atom is 0.257 e. The van der Waals surface area contributed by atoms with E-state index in [0.717, 1.165) is 28.4 Å². The molecule has 1 aromatic heterocycles. The molecule has 0 fully saturated rings. The maximum atomic E-state index is 12.4. The number of rotatable bonds is 10. The number of sulfonamides is 1. The van der Waals surface area contributed by atoms with Gasteiger partial charge >= 0.3 is 0 Å².